The molecular weight excluding hydrogens is 287 g/mol. The van der Waals surface area contributed by atoms with Crippen molar-refractivity contribution >= 4 is 5.97 Å². The fourth-order valence-electron chi connectivity index (χ4n) is 1.85. The second kappa shape index (κ2) is 5.59. The Labute approximate surface area is 118 Å². The highest BCUT2D eigenvalue weighted by atomic mass is 19.2. The molecule has 0 aliphatic heterocycles. The second-order valence-electron chi connectivity index (χ2n) is 4.92. The van der Waals surface area contributed by atoms with Crippen molar-refractivity contribution in [2.45, 2.75) is 20.3 Å². The van der Waals surface area contributed by atoms with Gasteiger partial charge in [-0.05, 0) is 24.5 Å². The molecule has 2 rings (SSSR count). The number of hydrogen-bond acceptors (Lipinski definition) is 3. The Morgan fingerprint density at radius 1 is 1.29 bits per heavy atom. The standard InChI is InChI=1S/C14H12F3NO3/c1-6(2)5-9-12(14(19)20)21-13(18-9)7-3-4-8(15)11(17)10(7)16/h3-4,6H,5H2,1-2H3,(H,19,20). The minimum atomic E-state index is -1.66. The Hall–Kier alpha value is -2.31. The molecular formula is C14H12F3NO3. The number of benzene rings is 1. The molecule has 1 N–H and O–H groups in total. The summed E-state index contributed by atoms with van der Waals surface area (Å²) in [5.41, 5.74) is -0.289. The number of carboxylic acid groups (broad SMARTS) is 1. The highest BCUT2D eigenvalue weighted by Gasteiger charge is 2.24. The van der Waals surface area contributed by atoms with Crippen molar-refractivity contribution in [1.82, 2.24) is 4.98 Å². The van der Waals surface area contributed by atoms with Gasteiger partial charge >= 0.3 is 5.97 Å². The summed E-state index contributed by atoms with van der Waals surface area (Å²) in [4.78, 5) is 15.0. The van der Waals surface area contributed by atoms with Gasteiger partial charge in [0.15, 0.2) is 17.5 Å². The monoisotopic (exact) mass is 299 g/mol. The summed E-state index contributed by atoms with van der Waals surface area (Å²) in [6, 6.07) is 1.67. The summed E-state index contributed by atoms with van der Waals surface area (Å²) in [5, 5.41) is 9.05. The minimum absolute atomic E-state index is 0.0934. The van der Waals surface area contributed by atoms with Gasteiger partial charge in [-0.25, -0.2) is 22.9 Å². The fraction of sp³-hybridized carbons (Fsp3) is 0.286. The van der Waals surface area contributed by atoms with Gasteiger partial charge in [-0.15, -0.1) is 0 Å². The number of oxazole rings is 1. The van der Waals surface area contributed by atoms with Gasteiger partial charge in [0, 0.05) is 0 Å². The number of rotatable bonds is 4. The average molecular weight is 299 g/mol. The van der Waals surface area contributed by atoms with Crippen LogP contribution in [0.1, 0.15) is 30.1 Å². The van der Waals surface area contributed by atoms with E-state index in [4.69, 9.17) is 9.52 Å². The molecule has 21 heavy (non-hydrogen) atoms. The summed E-state index contributed by atoms with van der Waals surface area (Å²) in [7, 11) is 0. The van der Waals surface area contributed by atoms with E-state index < -0.39 is 34.7 Å². The Kier molecular flexibility index (Phi) is 4.02. The Morgan fingerprint density at radius 2 is 1.95 bits per heavy atom. The third-order valence-corrected chi connectivity index (χ3v) is 2.76. The van der Waals surface area contributed by atoms with E-state index in [2.05, 4.69) is 4.98 Å². The molecule has 0 aliphatic carbocycles. The number of nitrogens with zero attached hydrogens (tertiary/aromatic N) is 1. The van der Waals surface area contributed by atoms with Crippen LogP contribution in [0.15, 0.2) is 16.5 Å². The molecule has 0 amide bonds. The van der Waals surface area contributed by atoms with Crippen molar-refractivity contribution in [3.05, 3.63) is 41.0 Å². The van der Waals surface area contributed by atoms with Gasteiger partial charge < -0.3 is 9.52 Å². The van der Waals surface area contributed by atoms with E-state index in [1.54, 1.807) is 0 Å². The van der Waals surface area contributed by atoms with Crippen molar-refractivity contribution in [3.63, 3.8) is 0 Å². The largest absolute Gasteiger partial charge is 0.475 e. The van der Waals surface area contributed by atoms with Crippen LogP contribution in [0.4, 0.5) is 13.2 Å². The van der Waals surface area contributed by atoms with Crippen molar-refractivity contribution in [2.75, 3.05) is 0 Å². The molecule has 0 spiro atoms. The maximum atomic E-state index is 13.7. The summed E-state index contributed by atoms with van der Waals surface area (Å²) in [5.74, 6) is -6.55. The summed E-state index contributed by atoms with van der Waals surface area (Å²) in [6.45, 7) is 3.69. The third-order valence-electron chi connectivity index (χ3n) is 2.76. The van der Waals surface area contributed by atoms with Crippen LogP contribution in [0.25, 0.3) is 11.5 Å². The molecule has 2 aromatic rings. The number of aromatic carboxylic acids is 1. The van der Waals surface area contributed by atoms with Crippen molar-refractivity contribution in [2.24, 2.45) is 5.92 Å². The predicted molar refractivity (Wildman–Crippen MR) is 67.3 cm³/mol. The molecule has 0 unspecified atom stereocenters. The zero-order valence-electron chi connectivity index (χ0n) is 11.3. The smallest absolute Gasteiger partial charge is 0.373 e. The summed E-state index contributed by atoms with van der Waals surface area (Å²) < 4.78 is 44.8. The third kappa shape index (κ3) is 2.91. The van der Waals surface area contributed by atoms with Crippen LogP contribution in [0, 0.1) is 23.4 Å². The maximum Gasteiger partial charge on any atom is 0.373 e. The van der Waals surface area contributed by atoms with E-state index in [0.717, 1.165) is 12.1 Å². The van der Waals surface area contributed by atoms with Crippen LogP contribution in [0.5, 0.6) is 0 Å². The van der Waals surface area contributed by atoms with Crippen LogP contribution in [-0.4, -0.2) is 16.1 Å². The molecule has 0 bridgehead atoms. The molecule has 1 aromatic heterocycles. The van der Waals surface area contributed by atoms with E-state index in [9.17, 15) is 18.0 Å². The highest BCUT2D eigenvalue weighted by Crippen LogP contribution is 2.28. The van der Waals surface area contributed by atoms with E-state index in [0.29, 0.717) is 6.42 Å². The zero-order valence-corrected chi connectivity index (χ0v) is 11.3. The number of carboxylic acids is 1. The first-order valence-electron chi connectivity index (χ1n) is 6.18. The van der Waals surface area contributed by atoms with E-state index in [-0.39, 0.29) is 17.5 Å². The van der Waals surface area contributed by atoms with Gasteiger partial charge in [0.05, 0.1) is 11.3 Å². The summed E-state index contributed by atoms with van der Waals surface area (Å²) >= 11 is 0. The lowest BCUT2D eigenvalue weighted by molar-refractivity contribution is 0.0661. The van der Waals surface area contributed by atoms with Gasteiger partial charge in [-0.2, -0.15) is 0 Å². The van der Waals surface area contributed by atoms with Crippen molar-refractivity contribution in [1.29, 1.82) is 0 Å². The lowest BCUT2D eigenvalue weighted by Crippen LogP contribution is -2.03. The van der Waals surface area contributed by atoms with Gasteiger partial charge in [-0.1, -0.05) is 13.8 Å². The Bertz CT molecular complexity index is 695. The van der Waals surface area contributed by atoms with Crippen LogP contribution in [0.3, 0.4) is 0 Å². The Balaban J connectivity index is 2.55. The van der Waals surface area contributed by atoms with Crippen LogP contribution >= 0.6 is 0 Å². The first-order chi connectivity index (χ1) is 9.81. The first-order valence-corrected chi connectivity index (χ1v) is 6.18. The van der Waals surface area contributed by atoms with E-state index in [1.165, 1.54) is 0 Å². The Morgan fingerprint density at radius 3 is 2.52 bits per heavy atom. The topological polar surface area (TPSA) is 63.3 Å². The lowest BCUT2D eigenvalue weighted by Gasteiger charge is -2.00. The lowest BCUT2D eigenvalue weighted by atomic mass is 10.1. The number of halogens is 3. The van der Waals surface area contributed by atoms with Crippen LogP contribution in [0.2, 0.25) is 0 Å². The molecule has 0 radical (unpaired) electrons. The second-order valence-corrected chi connectivity index (χ2v) is 4.92. The molecule has 1 aromatic carbocycles. The van der Waals surface area contributed by atoms with Gasteiger partial charge in [0.25, 0.3) is 0 Å². The van der Waals surface area contributed by atoms with Gasteiger partial charge in [0.1, 0.15) is 0 Å². The molecule has 4 nitrogen and oxygen atoms in total. The number of aromatic nitrogens is 1. The normalized spacial score (nSPS) is 11.1. The predicted octanol–water partition coefficient (Wildman–Crippen LogP) is 3.66. The zero-order chi connectivity index (χ0) is 15.7. The molecule has 0 saturated heterocycles. The minimum Gasteiger partial charge on any atom is -0.475 e. The summed E-state index contributed by atoms with van der Waals surface area (Å²) in [6.07, 6.45) is 0.302. The fourth-order valence-corrected chi connectivity index (χ4v) is 1.85. The quantitative estimate of drug-likeness (QED) is 0.875. The maximum absolute atomic E-state index is 13.7. The van der Waals surface area contributed by atoms with Crippen LogP contribution < -0.4 is 0 Å². The molecule has 0 fully saturated rings. The molecule has 7 heteroatoms. The highest BCUT2D eigenvalue weighted by molar-refractivity contribution is 5.86. The average Bonchev–Trinajstić information content (AvgIpc) is 2.79. The molecule has 1 heterocycles. The van der Waals surface area contributed by atoms with Gasteiger partial charge in [-0.3, -0.25) is 0 Å². The number of carbonyl (C=O) groups is 1. The molecule has 0 saturated carbocycles. The SMILES string of the molecule is CC(C)Cc1nc(-c2ccc(F)c(F)c2F)oc1C(=O)O. The first kappa shape index (κ1) is 15.1. The van der Waals surface area contributed by atoms with Crippen molar-refractivity contribution < 1.29 is 27.5 Å². The number of hydrogen-bond donors (Lipinski definition) is 1. The van der Waals surface area contributed by atoms with E-state index >= 15 is 0 Å². The van der Waals surface area contributed by atoms with Gasteiger partial charge in [0.2, 0.25) is 11.7 Å². The molecule has 112 valence electrons. The molecule has 0 aliphatic rings. The van der Waals surface area contributed by atoms with Crippen LogP contribution in [-0.2, 0) is 6.42 Å². The van der Waals surface area contributed by atoms with Crippen molar-refractivity contribution in [3.8, 4) is 11.5 Å². The van der Waals surface area contributed by atoms with E-state index in [1.807, 2.05) is 13.8 Å². The molecule has 0 atom stereocenters.